The Balaban J connectivity index is 1.73. The fraction of sp³-hybridized carbons (Fsp3) is 0.385. The van der Waals surface area contributed by atoms with Crippen LogP contribution in [0.1, 0.15) is 53.1 Å². The molecular formula is C26H24BrCl3F3NO3. The van der Waals surface area contributed by atoms with Crippen LogP contribution in [0.3, 0.4) is 0 Å². The summed E-state index contributed by atoms with van der Waals surface area (Å²) in [5, 5.41) is 2.69. The lowest BCUT2D eigenvalue weighted by Crippen LogP contribution is -2.34. The quantitative estimate of drug-likeness (QED) is 0.153. The van der Waals surface area contributed by atoms with E-state index in [0.29, 0.717) is 48.0 Å². The second kappa shape index (κ2) is 12.5. The van der Waals surface area contributed by atoms with Crippen molar-refractivity contribution in [2.75, 3.05) is 20.3 Å². The fourth-order valence-electron chi connectivity index (χ4n) is 3.88. The molecule has 2 aromatic rings. The molecule has 0 bridgehead atoms. The van der Waals surface area contributed by atoms with Crippen LogP contribution in [0.5, 0.6) is 0 Å². The summed E-state index contributed by atoms with van der Waals surface area (Å²) in [6.45, 7) is 1.01. The highest BCUT2D eigenvalue weighted by Crippen LogP contribution is 2.50. The lowest BCUT2D eigenvalue weighted by atomic mass is 9.93. The molecule has 0 aromatic heterocycles. The van der Waals surface area contributed by atoms with Crippen molar-refractivity contribution in [1.82, 2.24) is 5.32 Å². The van der Waals surface area contributed by atoms with Crippen LogP contribution in [0.25, 0.3) is 6.08 Å². The molecule has 3 rings (SSSR count). The minimum Gasteiger partial charge on any atom is -0.385 e. The Morgan fingerprint density at radius 3 is 2.35 bits per heavy atom. The van der Waals surface area contributed by atoms with Gasteiger partial charge in [0.2, 0.25) is 5.91 Å². The summed E-state index contributed by atoms with van der Waals surface area (Å²) in [5.41, 5.74) is -0.0483. The summed E-state index contributed by atoms with van der Waals surface area (Å²) in [4.78, 5) is 25.5. The number of methoxy groups -OCH3 is 1. The topological polar surface area (TPSA) is 55.4 Å². The van der Waals surface area contributed by atoms with Crippen molar-refractivity contribution in [3.05, 3.63) is 72.6 Å². The number of amides is 1. The molecule has 0 aliphatic heterocycles. The maximum Gasteiger partial charge on any atom is 0.399 e. The first kappa shape index (κ1) is 30.0. The maximum atomic E-state index is 13.8. The van der Waals surface area contributed by atoms with Crippen molar-refractivity contribution in [2.45, 2.75) is 37.8 Å². The first-order valence-electron chi connectivity index (χ1n) is 11.4. The monoisotopic (exact) mass is 639 g/mol. The molecule has 1 saturated carbocycles. The SMILES string of the molecule is COCCCNC(=O)C1(CC(=O)c2ccc(/C=C/C(c3cc(Cl)c(Cl)c(Cl)c3)C(F)(F)F)cc2Br)CC1. The van der Waals surface area contributed by atoms with Crippen molar-refractivity contribution in [3.63, 3.8) is 0 Å². The number of hydrogen-bond donors (Lipinski definition) is 1. The molecule has 4 nitrogen and oxygen atoms in total. The Morgan fingerprint density at radius 2 is 1.81 bits per heavy atom. The predicted octanol–water partition coefficient (Wildman–Crippen LogP) is 8.27. The molecule has 1 amide bonds. The minimum absolute atomic E-state index is 0.0160. The zero-order valence-electron chi connectivity index (χ0n) is 19.7. The van der Waals surface area contributed by atoms with Crippen LogP contribution in [0, 0.1) is 5.41 Å². The van der Waals surface area contributed by atoms with Crippen LogP contribution in [0.4, 0.5) is 13.2 Å². The molecule has 1 aliphatic carbocycles. The summed E-state index contributed by atoms with van der Waals surface area (Å²) >= 11 is 21.1. The van der Waals surface area contributed by atoms with E-state index in [9.17, 15) is 22.8 Å². The van der Waals surface area contributed by atoms with Gasteiger partial charge >= 0.3 is 6.18 Å². The Labute approximate surface area is 236 Å². The zero-order valence-corrected chi connectivity index (χ0v) is 23.6. The number of allylic oxidation sites excluding steroid dienone is 1. The number of carbonyl (C=O) groups excluding carboxylic acids is 2. The molecule has 0 saturated heterocycles. The number of benzene rings is 2. The lowest BCUT2D eigenvalue weighted by molar-refractivity contribution is -0.139. The van der Waals surface area contributed by atoms with E-state index < -0.39 is 17.5 Å². The van der Waals surface area contributed by atoms with Gasteiger partial charge in [-0.15, -0.1) is 0 Å². The molecule has 1 aliphatic rings. The average molecular weight is 642 g/mol. The zero-order chi connectivity index (χ0) is 27.4. The fourth-order valence-corrected chi connectivity index (χ4v) is 5.11. The van der Waals surface area contributed by atoms with Crippen molar-refractivity contribution >= 4 is 68.5 Å². The van der Waals surface area contributed by atoms with Crippen LogP contribution in [-0.4, -0.2) is 38.1 Å². The van der Waals surface area contributed by atoms with Gasteiger partial charge < -0.3 is 10.1 Å². The van der Waals surface area contributed by atoms with Crippen molar-refractivity contribution < 1.29 is 27.5 Å². The lowest BCUT2D eigenvalue weighted by Gasteiger charge is -2.18. The van der Waals surface area contributed by atoms with Crippen molar-refractivity contribution in [2.24, 2.45) is 5.41 Å². The van der Waals surface area contributed by atoms with Gasteiger partial charge in [-0.25, -0.2) is 0 Å². The molecule has 0 heterocycles. The van der Waals surface area contributed by atoms with Crippen LogP contribution >= 0.6 is 50.7 Å². The van der Waals surface area contributed by atoms with Gasteiger partial charge in [0.05, 0.1) is 26.4 Å². The predicted molar refractivity (Wildman–Crippen MR) is 144 cm³/mol. The van der Waals surface area contributed by atoms with Crippen LogP contribution in [0.15, 0.2) is 40.9 Å². The summed E-state index contributed by atoms with van der Waals surface area (Å²) < 4.78 is 46.8. The van der Waals surface area contributed by atoms with Gasteiger partial charge in [0.25, 0.3) is 0 Å². The molecule has 2 aromatic carbocycles. The number of carbonyl (C=O) groups is 2. The van der Waals surface area contributed by atoms with E-state index in [0.717, 1.165) is 18.2 Å². The standard InChI is InChI=1S/C26H24BrCl3F3NO3/c1-37-10-2-9-34-24(36)25(7-8-25)14-22(35)17-5-3-15(11-19(17)27)4-6-18(26(31,32)33)16-12-20(28)23(30)21(29)13-16/h3-6,11-13,18H,2,7-10,14H2,1H3,(H,34,36)/b6-4+. The summed E-state index contributed by atoms with van der Waals surface area (Å²) in [6, 6.07) is 6.92. The minimum atomic E-state index is -4.60. The van der Waals surface area contributed by atoms with Crippen LogP contribution in [0.2, 0.25) is 15.1 Å². The molecule has 37 heavy (non-hydrogen) atoms. The summed E-state index contributed by atoms with van der Waals surface area (Å²) in [5.74, 6) is -2.34. The van der Waals surface area contributed by atoms with Gasteiger partial charge in [-0.3, -0.25) is 9.59 Å². The number of hydrogen-bond acceptors (Lipinski definition) is 3. The Morgan fingerprint density at radius 1 is 1.16 bits per heavy atom. The van der Waals surface area contributed by atoms with Crippen LogP contribution < -0.4 is 5.32 Å². The highest BCUT2D eigenvalue weighted by molar-refractivity contribution is 9.10. The van der Waals surface area contributed by atoms with Crippen molar-refractivity contribution in [3.8, 4) is 0 Å². The number of nitrogens with one attached hydrogen (secondary N) is 1. The Kier molecular flexibility index (Phi) is 10.1. The van der Waals surface area contributed by atoms with E-state index in [4.69, 9.17) is 39.5 Å². The van der Waals surface area contributed by atoms with Gasteiger partial charge in [-0.1, -0.05) is 69.0 Å². The molecule has 1 fully saturated rings. The van der Waals surface area contributed by atoms with E-state index in [-0.39, 0.29) is 38.7 Å². The van der Waals surface area contributed by atoms with Gasteiger partial charge in [-0.05, 0) is 54.7 Å². The summed E-state index contributed by atoms with van der Waals surface area (Å²) in [7, 11) is 1.59. The number of ketones is 1. The van der Waals surface area contributed by atoms with E-state index in [2.05, 4.69) is 21.2 Å². The third-order valence-corrected chi connectivity index (χ3v) is 7.99. The Bertz CT molecular complexity index is 1180. The molecule has 200 valence electrons. The number of alkyl halides is 3. The normalized spacial score (nSPS) is 15.6. The largest absolute Gasteiger partial charge is 0.399 e. The highest BCUT2D eigenvalue weighted by atomic mass is 79.9. The number of rotatable bonds is 11. The maximum absolute atomic E-state index is 13.8. The summed E-state index contributed by atoms with van der Waals surface area (Å²) in [6.07, 6.45) is -0.302. The average Bonchev–Trinajstić information content (AvgIpc) is 3.60. The third-order valence-electron chi connectivity index (χ3n) is 6.14. The smallest absolute Gasteiger partial charge is 0.385 e. The highest BCUT2D eigenvalue weighted by Gasteiger charge is 2.51. The Hall–Kier alpha value is -1.58. The number of Topliss-reactive ketones (excluding diaryl/α,β-unsaturated/α-hetero) is 1. The van der Waals surface area contributed by atoms with Gasteiger partial charge in [0.1, 0.15) is 0 Å². The molecule has 1 N–H and O–H groups in total. The number of halogens is 7. The molecule has 0 spiro atoms. The van der Waals surface area contributed by atoms with E-state index in [1.807, 2.05) is 0 Å². The second-order valence-corrected chi connectivity index (χ2v) is 10.9. The van der Waals surface area contributed by atoms with Crippen molar-refractivity contribution in [1.29, 1.82) is 0 Å². The van der Waals surface area contributed by atoms with E-state index in [1.54, 1.807) is 19.2 Å². The molecule has 1 unspecified atom stereocenters. The molecule has 0 radical (unpaired) electrons. The van der Waals surface area contributed by atoms with E-state index in [1.165, 1.54) is 12.1 Å². The van der Waals surface area contributed by atoms with E-state index >= 15 is 0 Å². The number of ether oxygens (including phenoxy) is 1. The molecular weight excluding hydrogens is 618 g/mol. The van der Waals surface area contributed by atoms with Crippen LogP contribution in [-0.2, 0) is 9.53 Å². The first-order chi connectivity index (χ1) is 17.4. The third kappa shape index (κ3) is 7.73. The van der Waals surface area contributed by atoms with Gasteiger partial charge in [0, 0.05) is 36.7 Å². The second-order valence-electron chi connectivity index (χ2n) is 8.90. The van der Waals surface area contributed by atoms with Gasteiger partial charge in [0.15, 0.2) is 5.78 Å². The molecule has 11 heteroatoms. The molecule has 1 atom stereocenters. The first-order valence-corrected chi connectivity index (χ1v) is 13.3. The van der Waals surface area contributed by atoms with Gasteiger partial charge in [-0.2, -0.15) is 13.2 Å².